The van der Waals surface area contributed by atoms with Crippen molar-refractivity contribution in [3.8, 4) is 0 Å². The van der Waals surface area contributed by atoms with E-state index in [1.807, 2.05) is 0 Å². The molecule has 0 saturated carbocycles. The van der Waals surface area contributed by atoms with Gasteiger partial charge in [-0.2, -0.15) is 0 Å². The minimum Gasteiger partial charge on any atom is -0.385 e. The van der Waals surface area contributed by atoms with Crippen molar-refractivity contribution < 1.29 is 9.90 Å². The number of hydrogen-bond acceptors (Lipinski definition) is 4. The van der Waals surface area contributed by atoms with Crippen LogP contribution in [0, 0.1) is 5.92 Å². The van der Waals surface area contributed by atoms with Crippen molar-refractivity contribution >= 4 is 5.78 Å². The van der Waals surface area contributed by atoms with E-state index < -0.39 is 6.10 Å². The Bertz CT molecular complexity index is 148. The number of aliphatic hydroxyl groups is 1. The smallest absolute Gasteiger partial charge is 0.163 e. The van der Waals surface area contributed by atoms with E-state index in [0.29, 0.717) is 6.54 Å². The zero-order valence-electron chi connectivity index (χ0n) is 7.66. The quantitative estimate of drug-likeness (QED) is 0.511. The monoisotopic (exact) mass is 174 g/mol. The third kappa shape index (κ3) is 3.80. The Morgan fingerprint density at radius 2 is 2.00 bits per heavy atom. The van der Waals surface area contributed by atoms with Crippen molar-refractivity contribution in [1.29, 1.82) is 0 Å². The van der Waals surface area contributed by atoms with Crippen LogP contribution < -0.4 is 11.5 Å². The highest BCUT2D eigenvalue weighted by molar-refractivity contribution is 5.84. The van der Waals surface area contributed by atoms with Crippen molar-refractivity contribution in [1.82, 2.24) is 0 Å². The predicted molar refractivity (Wildman–Crippen MR) is 47.5 cm³/mol. The first-order valence-corrected chi connectivity index (χ1v) is 4.16. The molecule has 0 aliphatic rings. The Morgan fingerprint density at radius 3 is 2.33 bits per heavy atom. The number of rotatable bonds is 5. The molecule has 0 rings (SSSR count). The number of Topliss-reactive ketones (excluding diaryl/α,β-unsaturated/α-hetero) is 1. The van der Waals surface area contributed by atoms with Crippen LogP contribution >= 0.6 is 0 Å². The molecule has 0 heterocycles. The highest BCUT2D eigenvalue weighted by atomic mass is 16.3. The molecule has 0 aromatic carbocycles. The lowest BCUT2D eigenvalue weighted by atomic mass is 9.99. The van der Waals surface area contributed by atoms with E-state index in [-0.39, 0.29) is 24.2 Å². The van der Waals surface area contributed by atoms with Crippen LogP contribution in [0.4, 0.5) is 0 Å². The minimum atomic E-state index is -0.955. The van der Waals surface area contributed by atoms with Crippen LogP contribution in [0.2, 0.25) is 0 Å². The summed E-state index contributed by atoms with van der Waals surface area (Å²) in [5.74, 6) is -0.316. The molecule has 72 valence electrons. The molecule has 0 aliphatic heterocycles. The zero-order valence-corrected chi connectivity index (χ0v) is 7.66. The fourth-order valence-corrected chi connectivity index (χ4v) is 0.884. The van der Waals surface area contributed by atoms with Gasteiger partial charge in [0.05, 0.1) is 0 Å². The van der Waals surface area contributed by atoms with Gasteiger partial charge in [-0.05, 0) is 6.42 Å². The van der Waals surface area contributed by atoms with Crippen LogP contribution in [-0.2, 0) is 4.79 Å². The van der Waals surface area contributed by atoms with Crippen molar-refractivity contribution in [2.45, 2.75) is 32.4 Å². The Balaban J connectivity index is 3.86. The average molecular weight is 174 g/mol. The maximum atomic E-state index is 11.1. The molecule has 0 aromatic heterocycles. The Morgan fingerprint density at radius 1 is 1.50 bits per heavy atom. The van der Waals surface area contributed by atoms with Gasteiger partial charge in [-0.15, -0.1) is 0 Å². The van der Waals surface area contributed by atoms with Gasteiger partial charge in [-0.3, -0.25) is 4.79 Å². The fourth-order valence-electron chi connectivity index (χ4n) is 0.884. The van der Waals surface area contributed by atoms with E-state index in [0.717, 1.165) is 0 Å². The Labute approximate surface area is 72.9 Å². The summed E-state index contributed by atoms with van der Waals surface area (Å²) in [6.45, 7) is 3.79. The molecule has 0 spiro atoms. The van der Waals surface area contributed by atoms with Crippen molar-refractivity contribution in [2.75, 3.05) is 6.54 Å². The van der Waals surface area contributed by atoms with Gasteiger partial charge < -0.3 is 16.6 Å². The highest BCUT2D eigenvalue weighted by Crippen LogP contribution is 2.04. The van der Waals surface area contributed by atoms with Gasteiger partial charge in [-0.25, -0.2) is 0 Å². The summed E-state index contributed by atoms with van der Waals surface area (Å²) >= 11 is 0. The van der Waals surface area contributed by atoms with E-state index in [1.54, 1.807) is 13.8 Å². The van der Waals surface area contributed by atoms with Crippen molar-refractivity contribution in [3.05, 3.63) is 0 Å². The molecular weight excluding hydrogens is 156 g/mol. The summed E-state index contributed by atoms with van der Waals surface area (Å²) in [5.41, 5.74) is 10.7. The first-order valence-electron chi connectivity index (χ1n) is 4.16. The Kier molecular flexibility index (Phi) is 5.04. The second-order valence-corrected chi connectivity index (χ2v) is 3.30. The molecule has 0 radical (unpaired) electrons. The van der Waals surface area contributed by atoms with Crippen molar-refractivity contribution in [2.24, 2.45) is 17.4 Å². The molecule has 0 fully saturated rings. The van der Waals surface area contributed by atoms with Crippen LogP contribution in [0.15, 0.2) is 0 Å². The largest absolute Gasteiger partial charge is 0.385 e. The summed E-state index contributed by atoms with van der Waals surface area (Å²) in [6.07, 6.45) is -0.698. The summed E-state index contributed by atoms with van der Waals surface area (Å²) in [5, 5.41) is 9.30. The van der Waals surface area contributed by atoms with Crippen LogP contribution in [-0.4, -0.2) is 29.6 Å². The lowest BCUT2D eigenvalue weighted by Crippen LogP contribution is -2.37. The van der Waals surface area contributed by atoms with Gasteiger partial charge in [0.1, 0.15) is 6.10 Å². The molecule has 5 N–H and O–H groups in total. The van der Waals surface area contributed by atoms with E-state index in [9.17, 15) is 9.90 Å². The molecule has 0 aromatic rings. The van der Waals surface area contributed by atoms with Gasteiger partial charge in [0.2, 0.25) is 0 Å². The van der Waals surface area contributed by atoms with Gasteiger partial charge in [-0.1, -0.05) is 13.8 Å². The van der Waals surface area contributed by atoms with Gasteiger partial charge in [0.15, 0.2) is 5.78 Å². The SMILES string of the molecule is CC(C)C(=O)[C@@H](O)CC(N)CN. The Hall–Kier alpha value is -0.450. The first-order chi connectivity index (χ1) is 5.49. The van der Waals surface area contributed by atoms with Crippen LogP contribution in [0.1, 0.15) is 20.3 Å². The third-order valence-corrected chi connectivity index (χ3v) is 1.73. The summed E-state index contributed by atoms with van der Waals surface area (Å²) < 4.78 is 0. The van der Waals surface area contributed by atoms with E-state index in [1.165, 1.54) is 0 Å². The summed E-state index contributed by atoms with van der Waals surface area (Å²) in [6, 6.07) is -0.289. The predicted octanol–water partition coefficient (Wildman–Crippen LogP) is -0.751. The molecular formula is C8H18N2O2. The minimum absolute atomic E-state index is 0.148. The van der Waals surface area contributed by atoms with Gasteiger partial charge in [0, 0.05) is 18.5 Å². The van der Waals surface area contributed by atoms with Crippen LogP contribution in [0.3, 0.4) is 0 Å². The summed E-state index contributed by atoms with van der Waals surface area (Å²) in [7, 11) is 0. The maximum absolute atomic E-state index is 11.1. The van der Waals surface area contributed by atoms with Gasteiger partial charge in [0.25, 0.3) is 0 Å². The maximum Gasteiger partial charge on any atom is 0.163 e. The number of nitrogens with two attached hydrogens (primary N) is 2. The van der Waals surface area contributed by atoms with Crippen molar-refractivity contribution in [3.63, 3.8) is 0 Å². The van der Waals surface area contributed by atoms with Gasteiger partial charge >= 0.3 is 0 Å². The molecule has 0 aliphatic carbocycles. The topological polar surface area (TPSA) is 89.3 Å². The summed E-state index contributed by atoms with van der Waals surface area (Å²) in [4.78, 5) is 11.1. The number of hydrogen-bond donors (Lipinski definition) is 3. The van der Waals surface area contributed by atoms with E-state index in [2.05, 4.69) is 0 Å². The number of carbonyl (C=O) groups excluding carboxylic acids is 1. The standard InChI is InChI=1S/C8H18N2O2/c1-5(2)8(12)7(11)3-6(10)4-9/h5-7,11H,3-4,9-10H2,1-2H3/t6?,7-/m0/s1. The number of ketones is 1. The lowest BCUT2D eigenvalue weighted by molar-refractivity contribution is -0.130. The molecule has 0 bridgehead atoms. The molecule has 0 amide bonds. The second kappa shape index (κ2) is 5.24. The van der Waals surface area contributed by atoms with E-state index >= 15 is 0 Å². The molecule has 1 unspecified atom stereocenters. The third-order valence-electron chi connectivity index (χ3n) is 1.73. The highest BCUT2D eigenvalue weighted by Gasteiger charge is 2.20. The zero-order chi connectivity index (χ0) is 9.72. The van der Waals surface area contributed by atoms with E-state index in [4.69, 9.17) is 11.5 Å². The fraction of sp³-hybridized carbons (Fsp3) is 0.875. The molecule has 4 heteroatoms. The normalized spacial score (nSPS) is 16.2. The second-order valence-electron chi connectivity index (χ2n) is 3.30. The average Bonchev–Trinajstić information content (AvgIpc) is 2.02. The van der Waals surface area contributed by atoms with Crippen LogP contribution in [0.5, 0.6) is 0 Å². The van der Waals surface area contributed by atoms with Crippen LogP contribution in [0.25, 0.3) is 0 Å². The molecule has 0 saturated heterocycles. The lowest BCUT2D eigenvalue weighted by Gasteiger charge is -2.15. The number of aliphatic hydroxyl groups excluding tert-OH is 1. The molecule has 2 atom stereocenters. The molecule has 12 heavy (non-hydrogen) atoms. The first kappa shape index (κ1) is 11.6. The molecule has 4 nitrogen and oxygen atoms in total. The number of carbonyl (C=O) groups is 1.